The molecule has 1 fully saturated rings. The monoisotopic (exact) mass is 365 g/mol. The molecule has 0 saturated carbocycles. The van der Waals surface area contributed by atoms with Crippen molar-refractivity contribution in [2.24, 2.45) is 0 Å². The molecule has 0 spiro atoms. The van der Waals surface area contributed by atoms with Crippen LogP contribution in [0, 0.1) is 6.92 Å². The first-order chi connectivity index (χ1) is 11.9. The molecule has 0 aliphatic carbocycles. The third-order valence-corrected chi connectivity index (χ3v) is 5.34. The number of hydrogen-bond acceptors (Lipinski definition) is 7. The molecule has 3 heterocycles. The fraction of sp³-hybridized carbons (Fsp3) is 0.588. The van der Waals surface area contributed by atoms with Crippen LogP contribution in [0.15, 0.2) is 4.79 Å². The Kier molecular flexibility index (Phi) is 5.21. The molecule has 3 rings (SSSR count). The molecule has 2 atom stereocenters. The fourth-order valence-corrected chi connectivity index (χ4v) is 4.37. The van der Waals surface area contributed by atoms with Crippen molar-refractivity contribution in [3.63, 3.8) is 0 Å². The van der Waals surface area contributed by atoms with Gasteiger partial charge in [-0.2, -0.15) is 0 Å². The molecule has 1 N–H and O–H groups in total. The number of H-pyrrole nitrogens is 1. The molecule has 1 aliphatic heterocycles. The number of carbonyl (C=O) groups is 1. The number of nitrogens with zero attached hydrogens (tertiary/aromatic N) is 2. The maximum absolute atomic E-state index is 12.5. The van der Waals surface area contributed by atoms with Gasteiger partial charge >= 0.3 is 5.97 Å². The second-order valence-electron chi connectivity index (χ2n) is 6.42. The maximum Gasteiger partial charge on any atom is 0.348 e. The minimum Gasteiger partial charge on any atom is -0.462 e. The second-order valence-corrected chi connectivity index (χ2v) is 7.42. The summed E-state index contributed by atoms with van der Waals surface area (Å²) < 4.78 is 10.8. The van der Waals surface area contributed by atoms with Crippen molar-refractivity contribution in [2.75, 3.05) is 19.7 Å². The molecule has 0 radical (unpaired) electrons. The summed E-state index contributed by atoms with van der Waals surface area (Å²) in [5.74, 6) is 0.204. The Labute approximate surface area is 150 Å². The van der Waals surface area contributed by atoms with E-state index in [1.807, 2.05) is 13.8 Å². The molecule has 0 aromatic carbocycles. The zero-order valence-corrected chi connectivity index (χ0v) is 15.7. The first-order valence-corrected chi connectivity index (χ1v) is 9.27. The topological polar surface area (TPSA) is 84.5 Å². The van der Waals surface area contributed by atoms with Gasteiger partial charge in [0.15, 0.2) is 0 Å². The highest BCUT2D eigenvalue weighted by Crippen LogP contribution is 2.27. The van der Waals surface area contributed by atoms with Crippen LogP contribution in [0.1, 0.15) is 41.8 Å². The summed E-state index contributed by atoms with van der Waals surface area (Å²) in [6.45, 7) is 10.0. The Hall–Kier alpha value is -1.77. The smallest absolute Gasteiger partial charge is 0.348 e. The number of hydrogen-bond donors (Lipinski definition) is 1. The van der Waals surface area contributed by atoms with E-state index in [4.69, 9.17) is 9.47 Å². The number of ether oxygens (including phenoxy) is 2. The van der Waals surface area contributed by atoms with Gasteiger partial charge in [0.05, 0.1) is 30.7 Å². The van der Waals surface area contributed by atoms with Gasteiger partial charge in [0.2, 0.25) is 0 Å². The minimum atomic E-state index is -0.403. The Morgan fingerprint density at radius 1 is 1.40 bits per heavy atom. The molecule has 0 unspecified atom stereocenters. The van der Waals surface area contributed by atoms with Crippen LogP contribution in [0.3, 0.4) is 0 Å². The molecule has 136 valence electrons. The van der Waals surface area contributed by atoms with E-state index in [0.29, 0.717) is 39.6 Å². The number of morpholine rings is 1. The van der Waals surface area contributed by atoms with E-state index >= 15 is 0 Å². The molecular formula is C17H23N3O4S. The number of nitrogens with one attached hydrogen (secondary N) is 1. The largest absolute Gasteiger partial charge is 0.462 e. The molecule has 2 aromatic heterocycles. The molecule has 8 heteroatoms. The molecule has 7 nitrogen and oxygen atoms in total. The van der Waals surface area contributed by atoms with Crippen LogP contribution < -0.4 is 5.56 Å². The van der Waals surface area contributed by atoms with Crippen molar-refractivity contribution in [3.05, 3.63) is 26.6 Å². The van der Waals surface area contributed by atoms with E-state index in [-0.39, 0.29) is 17.8 Å². The van der Waals surface area contributed by atoms with E-state index in [1.165, 1.54) is 11.3 Å². The average molecular weight is 365 g/mol. The molecule has 25 heavy (non-hydrogen) atoms. The van der Waals surface area contributed by atoms with Crippen LogP contribution in [-0.2, 0) is 16.0 Å². The predicted octanol–water partition coefficient (Wildman–Crippen LogP) is 2.08. The third-order valence-electron chi connectivity index (χ3n) is 4.18. The Morgan fingerprint density at radius 3 is 2.72 bits per heavy atom. The summed E-state index contributed by atoms with van der Waals surface area (Å²) in [6, 6.07) is 0. The van der Waals surface area contributed by atoms with E-state index in [2.05, 4.69) is 14.9 Å². The summed E-state index contributed by atoms with van der Waals surface area (Å²) in [4.78, 5) is 35.2. The Bertz CT molecular complexity index is 834. The van der Waals surface area contributed by atoms with Gasteiger partial charge in [0.25, 0.3) is 5.56 Å². The highest BCUT2D eigenvalue weighted by atomic mass is 32.1. The van der Waals surface area contributed by atoms with E-state index < -0.39 is 5.97 Å². The number of thiophene rings is 1. The van der Waals surface area contributed by atoms with Gasteiger partial charge < -0.3 is 14.5 Å². The highest BCUT2D eigenvalue weighted by Gasteiger charge is 2.24. The molecule has 1 aliphatic rings. The summed E-state index contributed by atoms with van der Waals surface area (Å²) in [6.07, 6.45) is 0.303. The number of aromatic nitrogens is 2. The lowest BCUT2D eigenvalue weighted by molar-refractivity contribution is -0.0710. The van der Waals surface area contributed by atoms with E-state index in [1.54, 1.807) is 13.8 Å². The quantitative estimate of drug-likeness (QED) is 0.835. The lowest BCUT2D eigenvalue weighted by atomic mass is 10.2. The number of carbonyl (C=O) groups excluding carboxylic acids is 1. The van der Waals surface area contributed by atoms with Crippen LogP contribution in [0.2, 0.25) is 0 Å². The Balaban J connectivity index is 1.91. The number of fused-ring (bicyclic) bond motifs is 1. The van der Waals surface area contributed by atoms with Crippen LogP contribution in [-0.4, -0.2) is 52.7 Å². The van der Waals surface area contributed by atoms with Crippen molar-refractivity contribution < 1.29 is 14.3 Å². The molecule has 2 aromatic rings. The lowest BCUT2D eigenvalue weighted by Gasteiger charge is -2.34. The van der Waals surface area contributed by atoms with Crippen molar-refractivity contribution in [2.45, 2.75) is 46.4 Å². The fourth-order valence-electron chi connectivity index (χ4n) is 3.28. The highest BCUT2D eigenvalue weighted by molar-refractivity contribution is 7.20. The third kappa shape index (κ3) is 3.75. The Morgan fingerprint density at radius 2 is 2.08 bits per heavy atom. The van der Waals surface area contributed by atoms with Gasteiger partial charge in [-0.1, -0.05) is 0 Å². The van der Waals surface area contributed by atoms with Crippen molar-refractivity contribution in [1.29, 1.82) is 0 Å². The zero-order valence-electron chi connectivity index (χ0n) is 14.9. The summed E-state index contributed by atoms with van der Waals surface area (Å²) in [5.41, 5.74) is 0.422. The zero-order chi connectivity index (χ0) is 18.1. The predicted molar refractivity (Wildman–Crippen MR) is 96.2 cm³/mol. The first kappa shape index (κ1) is 18.0. The van der Waals surface area contributed by atoms with Crippen LogP contribution in [0.4, 0.5) is 0 Å². The molecular weight excluding hydrogens is 342 g/mol. The van der Waals surface area contributed by atoms with Crippen LogP contribution in [0.5, 0.6) is 0 Å². The standard InChI is InChI=1S/C17H23N3O4S/c1-5-23-17(22)14-11(4)13-15(21)18-12(19-16(13)25-14)8-20-6-9(2)24-10(3)7-20/h9-10H,5-8H2,1-4H3,(H,18,19,21)/t9-,10+. The van der Waals surface area contributed by atoms with Crippen molar-refractivity contribution in [3.8, 4) is 0 Å². The van der Waals surface area contributed by atoms with Gasteiger partial charge in [0, 0.05) is 13.1 Å². The van der Waals surface area contributed by atoms with Crippen LogP contribution >= 0.6 is 11.3 Å². The first-order valence-electron chi connectivity index (χ1n) is 8.46. The van der Waals surface area contributed by atoms with E-state index in [9.17, 15) is 9.59 Å². The number of esters is 1. The summed E-state index contributed by atoms with van der Waals surface area (Å²) >= 11 is 1.21. The summed E-state index contributed by atoms with van der Waals surface area (Å²) in [7, 11) is 0. The SMILES string of the molecule is CCOC(=O)c1sc2nc(CN3C[C@@H](C)O[C@@H](C)C3)[nH]c(=O)c2c1C. The van der Waals surface area contributed by atoms with Crippen LogP contribution in [0.25, 0.3) is 10.2 Å². The lowest BCUT2D eigenvalue weighted by Crippen LogP contribution is -2.45. The van der Waals surface area contributed by atoms with Gasteiger partial charge in [-0.15, -0.1) is 11.3 Å². The number of aromatic amines is 1. The van der Waals surface area contributed by atoms with Crippen molar-refractivity contribution >= 4 is 27.5 Å². The maximum atomic E-state index is 12.5. The van der Waals surface area contributed by atoms with Gasteiger partial charge in [-0.05, 0) is 33.3 Å². The second kappa shape index (κ2) is 7.23. The molecule has 1 saturated heterocycles. The summed E-state index contributed by atoms with van der Waals surface area (Å²) in [5, 5.41) is 0.473. The normalized spacial score (nSPS) is 21.6. The van der Waals surface area contributed by atoms with Gasteiger partial charge in [-0.3, -0.25) is 9.69 Å². The number of aryl methyl sites for hydroxylation is 1. The number of rotatable bonds is 4. The average Bonchev–Trinajstić information content (AvgIpc) is 2.83. The minimum absolute atomic E-state index is 0.151. The van der Waals surface area contributed by atoms with E-state index in [0.717, 1.165) is 13.1 Å². The van der Waals surface area contributed by atoms with Gasteiger partial charge in [0.1, 0.15) is 15.5 Å². The van der Waals surface area contributed by atoms with Crippen molar-refractivity contribution in [1.82, 2.24) is 14.9 Å². The van der Waals surface area contributed by atoms with Gasteiger partial charge in [-0.25, -0.2) is 9.78 Å². The molecule has 0 amide bonds. The molecule has 0 bridgehead atoms.